The van der Waals surface area contributed by atoms with Gasteiger partial charge in [0.2, 0.25) is 6.79 Å². The first-order valence-corrected chi connectivity index (χ1v) is 9.28. The molecule has 6 nitrogen and oxygen atoms in total. The molecule has 1 aliphatic rings. The quantitative estimate of drug-likeness (QED) is 0.659. The summed E-state index contributed by atoms with van der Waals surface area (Å²) in [5.74, 6) is -0.0798. The van der Waals surface area contributed by atoms with Crippen LogP contribution < -0.4 is 20.1 Å². The second-order valence-corrected chi connectivity index (χ2v) is 6.60. The van der Waals surface area contributed by atoms with E-state index in [1.54, 1.807) is 12.1 Å². The number of nitrogens with one attached hydrogen (secondary N) is 2. The smallest absolute Gasteiger partial charge is 0.310 e. The number of fused-ring (bicyclic) bond motifs is 1. The number of hydrogen-bond acceptors (Lipinski definition) is 4. The highest BCUT2D eigenvalue weighted by atomic mass is 16.7. The van der Waals surface area contributed by atoms with Gasteiger partial charge < -0.3 is 20.1 Å². The first kappa shape index (κ1) is 18.6. The van der Waals surface area contributed by atoms with Gasteiger partial charge in [0.1, 0.15) is 0 Å². The van der Waals surface area contributed by atoms with Crippen molar-refractivity contribution in [2.75, 3.05) is 6.79 Å². The van der Waals surface area contributed by atoms with Crippen molar-refractivity contribution < 1.29 is 19.1 Å². The molecule has 0 saturated carbocycles. The zero-order valence-corrected chi connectivity index (χ0v) is 15.6. The molecule has 6 heteroatoms. The number of hydrogen-bond donors (Lipinski definition) is 2. The molecule has 146 valence electrons. The topological polar surface area (TPSA) is 76.7 Å². The van der Waals surface area contributed by atoms with Gasteiger partial charge in [0.15, 0.2) is 11.5 Å². The van der Waals surface area contributed by atoms with E-state index in [-0.39, 0.29) is 13.3 Å². The van der Waals surface area contributed by atoms with Crippen LogP contribution in [0.5, 0.6) is 11.5 Å². The summed E-state index contributed by atoms with van der Waals surface area (Å²) >= 11 is 0. The van der Waals surface area contributed by atoms with Crippen LogP contribution in [0.15, 0.2) is 78.9 Å². The van der Waals surface area contributed by atoms with Crippen molar-refractivity contribution in [3.8, 4) is 11.5 Å². The third-order valence-electron chi connectivity index (χ3n) is 4.64. The summed E-state index contributed by atoms with van der Waals surface area (Å²) in [5.41, 5.74) is 2.62. The lowest BCUT2D eigenvalue weighted by atomic mass is 9.99. The van der Waals surface area contributed by atoms with Crippen molar-refractivity contribution in [1.29, 1.82) is 0 Å². The molecule has 0 unspecified atom stereocenters. The van der Waals surface area contributed by atoms with E-state index < -0.39 is 17.9 Å². The summed E-state index contributed by atoms with van der Waals surface area (Å²) in [6.07, 6.45) is 0. The molecule has 0 bridgehead atoms. The molecule has 1 aliphatic heterocycles. The minimum Gasteiger partial charge on any atom is -0.454 e. The monoisotopic (exact) mass is 388 g/mol. The van der Waals surface area contributed by atoms with Crippen LogP contribution in [-0.2, 0) is 16.1 Å². The van der Waals surface area contributed by atoms with Crippen molar-refractivity contribution in [2.24, 2.45) is 0 Å². The highest BCUT2D eigenvalue weighted by Gasteiger charge is 2.21. The Morgan fingerprint density at radius 3 is 2.07 bits per heavy atom. The summed E-state index contributed by atoms with van der Waals surface area (Å²) in [4.78, 5) is 24.9. The minimum absolute atomic E-state index is 0.188. The van der Waals surface area contributed by atoms with Crippen LogP contribution in [0.4, 0.5) is 0 Å². The van der Waals surface area contributed by atoms with E-state index in [0.717, 1.165) is 16.7 Å². The lowest BCUT2D eigenvalue weighted by Gasteiger charge is -2.19. The number of benzene rings is 3. The first-order chi connectivity index (χ1) is 14.2. The summed E-state index contributed by atoms with van der Waals surface area (Å²) < 4.78 is 10.6. The number of rotatable bonds is 5. The Kier molecular flexibility index (Phi) is 5.42. The van der Waals surface area contributed by atoms with Crippen LogP contribution >= 0.6 is 0 Å². The molecule has 2 amide bonds. The first-order valence-electron chi connectivity index (χ1n) is 9.28. The number of amides is 2. The molecule has 0 aliphatic carbocycles. The van der Waals surface area contributed by atoms with Crippen molar-refractivity contribution >= 4 is 11.8 Å². The largest absolute Gasteiger partial charge is 0.454 e. The van der Waals surface area contributed by atoms with E-state index in [9.17, 15) is 9.59 Å². The van der Waals surface area contributed by atoms with Crippen LogP contribution in [-0.4, -0.2) is 18.6 Å². The van der Waals surface area contributed by atoms with Gasteiger partial charge in [0.25, 0.3) is 0 Å². The van der Waals surface area contributed by atoms with Gasteiger partial charge in [-0.1, -0.05) is 66.7 Å². The van der Waals surface area contributed by atoms with Crippen molar-refractivity contribution in [1.82, 2.24) is 10.6 Å². The number of carbonyl (C=O) groups excluding carboxylic acids is 2. The highest BCUT2D eigenvalue weighted by Crippen LogP contribution is 2.32. The van der Waals surface area contributed by atoms with Gasteiger partial charge in [-0.2, -0.15) is 0 Å². The van der Waals surface area contributed by atoms with Crippen LogP contribution in [0, 0.1) is 0 Å². The Hall–Kier alpha value is -3.80. The molecular formula is C23H20N2O4. The SMILES string of the molecule is O=C(NCc1ccc2c(c1)OCO2)C(=O)NC(c1ccccc1)c1ccccc1. The van der Waals surface area contributed by atoms with E-state index in [1.165, 1.54) is 0 Å². The lowest BCUT2D eigenvalue weighted by molar-refractivity contribution is -0.139. The molecular weight excluding hydrogens is 368 g/mol. The maximum atomic E-state index is 12.5. The molecule has 29 heavy (non-hydrogen) atoms. The second-order valence-electron chi connectivity index (χ2n) is 6.60. The predicted molar refractivity (Wildman–Crippen MR) is 107 cm³/mol. The second kappa shape index (κ2) is 8.48. The van der Waals surface area contributed by atoms with Gasteiger partial charge in [-0.25, -0.2) is 0 Å². The maximum Gasteiger partial charge on any atom is 0.310 e. The molecule has 0 saturated heterocycles. The highest BCUT2D eigenvalue weighted by molar-refractivity contribution is 6.35. The van der Waals surface area contributed by atoms with Gasteiger partial charge in [0, 0.05) is 6.54 Å². The van der Waals surface area contributed by atoms with Gasteiger partial charge >= 0.3 is 11.8 Å². The van der Waals surface area contributed by atoms with Crippen molar-refractivity contribution in [2.45, 2.75) is 12.6 Å². The van der Waals surface area contributed by atoms with Crippen LogP contribution in [0.25, 0.3) is 0 Å². The zero-order chi connectivity index (χ0) is 20.1. The molecule has 0 aromatic heterocycles. The fourth-order valence-electron chi connectivity index (χ4n) is 3.16. The normalized spacial score (nSPS) is 11.9. The van der Waals surface area contributed by atoms with E-state index in [1.807, 2.05) is 66.7 Å². The van der Waals surface area contributed by atoms with E-state index in [0.29, 0.717) is 11.5 Å². The average molecular weight is 388 g/mol. The Morgan fingerprint density at radius 1 is 0.793 bits per heavy atom. The summed E-state index contributed by atoms with van der Waals surface area (Å²) in [6, 6.07) is 24.1. The lowest BCUT2D eigenvalue weighted by Crippen LogP contribution is -2.41. The Balaban J connectivity index is 1.42. The fourth-order valence-corrected chi connectivity index (χ4v) is 3.16. The Bertz CT molecular complexity index is 966. The number of carbonyl (C=O) groups is 2. The molecule has 0 radical (unpaired) electrons. The van der Waals surface area contributed by atoms with Crippen LogP contribution in [0.2, 0.25) is 0 Å². The molecule has 3 aromatic carbocycles. The third kappa shape index (κ3) is 4.38. The molecule has 3 aromatic rings. The minimum atomic E-state index is -0.695. The zero-order valence-electron chi connectivity index (χ0n) is 15.6. The van der Waals surface area contributed by atoms with Gasteiger partial charge in [-0.05, 0) is 28.8 Å². The standard InChI is InChI=1S/C23H20N2O4/c26-22(24-14-16-11-12-19-20(13-16)29-15-28-19)23(27)25-21(17-7-3-1-4-8-17)18-9-5-2-6-10-18/h1-13,21H,14-15H2,(H,24,26)(H,25,27). The van der Waals surface area contributed by atoms with Gasteiger partial charge in [-0.15, -0.1) is 0 Å². The van der Waals surface area contributed by atoms with Crippen LogP contribution in [0.3, 0.4) is 0 Å². The average Bonchev–Trinajstić information content (AvgIpc) is 3.24. The van der Waals surface area contributed by atoms with Crippen molar-refractivity contribution in [3.63, 3.8) is 0 Å². The summed E-state index contributed by atoms with van der Waals surface area (Å²) in [7, 11) is 0. The van der Waals surface area contributed by atoms with Crippen LogP contribution in [0.1, 0.15) is 22.7 Å². The molecule has 1 heterocycles. The van der Waals surface area contributed by atoms with Crippen molar-refractivity contribution in [3.05, 3.63) is 95.6 Å². The van der Waals surface area contributed by atoms with Gasteiger partial charge in [0.05, 0.1) is 6.04 Å². The molecule has 2 N–H and O–H groups in total. The third-order valence-corrected chi connectivity index (χ3v) is 4.64. The molecule has 0 fully saturated rings. The van der Waals surface area contributed by atoms with E-state index in [2.05, 4.69) is 10.6 Å². The fraction of sp³-hybridized carbons (Fsp3) is 0.130. The predicted octanol–water partition coefficient (Wildman–Crippen LogP) is 2.94. The Morgan fingerprint density at radius 2 is 1.41 bits per heavy atom. The van der Waals surface area contributed by atoms with E-state index in [4.69, 9.17) is 9.47 Å². The Labute approximate surface area is 168 Å². The van der Waals surface area contributed by atoms with Gasteiger partial charge in [-0.3, -0.25) is 9.59 Å². The number of ether oxygens (including phenoxy) is 2. The van der Waals surface area contributed by atoms with E-state index >= 15 is 0 Å². The summed E-state index contributed by atoms with van der Waals surface area (Å²) in [5, 5.41) is 5.48. The molecule has 0 spiro atoms. The molecule has 0 atom stereocenters. The molecule has 4 rings (SSSR count). The summed E-state index contributed by atoms with van der Waals surface area (Å²) in [6.45, 7) is 0.401. The maximum absolute atomic E-state index is 12.5.